The smallest absolute Gasteiger partial charge is 0.327 e. The molecule has 0 bridgehead atoms. The van der Waals surface area contributed by atoms with Crippen molar-refractivity contribution in [3.05, 3.63) is 95.6 Å². The summed E-state index contributed by atoms with van der Waals surface area (Å²) in [5, 5.41) is 21.5. The number of urea groups is 1. The first kappa shape index (κ1) is 28.5. The molecule has 8 nitrogen and oxygen atoms in total. The van der Waals surface area contributed by atoms with Gasteiger partial charge >= 0.3 is 18.0 Å². The lowest BCUT2D eigenvalue weighted by atomic mass is 9.98. The minimum atomic E-state index is -1.20. The molecule has 0 saturated heterocycles. The van der Waals surface area contributed by atoms with Gasteiger partial charge in [-0.05, 0) is 40.8 Å². The first-order valence-electron chi connectivity index (χ1n) is 12.2. The van der Waals surface area contributed by atoms with Crippen molar-refractivity contribution < 1.29 is 29.4 Å². The third-order valence-electron chi connectivity index (χ3n) is 5.63. The van der Waals surface area contributed by atoms with Crippen molar-refractivity contribution in [1.29, 1.82) is 0 Å². The monoisotopic (exact) mass is 534 g/mol. The van der Waals surface area contributed by atoms with E-state index in [-0.39, 0.29) is 24.3 Å². The van der Waals surface area contributed by atoms with Crippen molar-refractivity contribution in [3.63, 3.8) is 0 Å². The molecule has 3 N–H and O–H groups in total. The molecule has 0 fully saturated rings. The van der Waals surface area contributed by atoms with Crippen LogP contribution in [0.15, 0.2) is 78.9 Å². The zero-order chi connectivity index (χ0) is 27.5. The number of carboxylic acids is 2. The fraction of sp³-hybridized carbons (Fsp3) is 0.241. The Morgan fingerprint density at radius 3 is 2.13 bits per heavy atom. The van der Waals surface area contributed by atoms with Crippen LogP contribution in [0.2, 0.25) is 0 Å². The molecule has 0 saturated carbocycles. The lowest BCUT2D eigenvalue weighted by Crippen LogP contribution is -2.51. The van der Waals surface area contributed by atoms with E-state index in [1.165, 1.54) is 17.8 Å². The second kappa shape index (κ2) is 14.0. The minimum absolute atomic E-state index is 0.0675. The van der Waals surface area contributed by atoms with E-state index >= 15 is 0 Å². The molecule has 1 atom stereocenters. The number of carbonyl (C=O) groups excluding carboxylic acids is 2. The molecule has 0 aliphatic carbocycles. The van der Waals surface area contributed by atoms with Gasteiger partial charge in [0.15, 0.2) is 0 Å². The largest absolute Gasteiger partial charge is 0.481 e. The second-order valence-electron chi connectivity index (χ2n) is 8.65. The van der Waals surface area contributed by atoms with Gasteiger partial charge in [0, 0.05) is 23.6 Å². The molecular weight excluding hydrogens is 504 g/mol. The average Bonchev–Trinajstić information content (AvgIpc) is 2.91. The van der Waals surface area contributed by atoms with Crippen LogP contribution in [0.25, 0.3) is 11.1 Å². The molecule has 0 heterocycles. The number of nitrogens with one attached hydrogen (secondary N) is 1. The van der Waals surface area contributed by atoms with Gasteiger partial charge in [-0.2, -0.15) is 11.8 Å². The van der Waals surface area contributed by atoms with Gasteiger partial charge in [-0.3, -0.25) is 14.5 Å². The number of aliphatic carboxylic acids is 2. The Balaban J connectivity index is 1.81. The standard InChI is InChI=1S/C29H30N2O6S/c1-2-13-31(29(37)30-25(28(35)36)19-38-18-20-9-5-3-6-10-20)27(34)24-15-21(16-26(32)33)14-23(17-24)22-11-7-4-8-12-22/h3-12,14-15,17,25H,2,13,16,18-19H2,1H3,(H,30,37)(H,32,33)(H,35,36). The number of benzene rings is 3. The first-order chi connectivity index (χ1) is 18.3. The van der Waals surface area contributed by atoms with Crippen LogP contribution in [0.1, 0.15) is 34.8 Å². The van der Waals surface area contributed by atoms with E-state index in [0.29, 0.717) is 23.3 Å². The molecule has 9 heteroatoms. The van der Waals surface area contributed by atoms with Crippen LogP contribution in [0, 0.1) is 0 Å². The van der Waals surface area contributed by atoms with Gasteiger partial charge in [0.25, 0.3) is 5.91 Å². The Hall–Kier alpha value is -4.11. The summed E-state index contributed by atoms with van der Waals surface area (Å²) in [5.41, 5.74) is 3.04. The maximum absolute atomic E-state index is 13.5. The number of thioether (sulfide) groups is 1. The number of imide groups is 1. The molecule has 1 unspecified atom stereocenters. The maximum atomic E-state index is 13.5. The van der Waals surface area contributed by atoms with Crippen LogP contribution in [-0.4, -0.2) is 57.3 Å². The van der Waals surface area contributed by atoms with Gasteiger partial charge in [0.05, 0.1) is 6.42 Å². The zero-order valence-corrected chi connectivity index (χ0v) is 21.8. The average molecular weight is 535 g/mol. The lowest BCUT2D eigenvalue weighted by molar-refractivity contribution is -0.138. The van der Waals surface area contributed by atoms with E-state index in [1.54, 1.807) is 19.1 Å². The fourth-order valence-electron chi connectivity index (χ4n) is 3.83. The van der Waals surface area contributed by atoms with Crippen LogP contribution in [0.5, 0.6) is 0 Å². The van der Waals surface area contributed by atoms with Crippen molar-refractivity contribution in [2.24, 2.45) is 0 Å². The highest BCUT2D eigenvalue weighted by Gasteiger charge is 2.28. The summed E-state index contributed by atoms with van der Waals surface area (Å²) in [4.78, 5) is 50.9. The van der Waals surface area contributed by atoms with Gasteiger partial charge in [-0.1, -0.05) is 73.7 Å². The molecule has 3 aromatic rings. The number of rotatable bonds is 12. The normalized spacial score (nSPS) is 11.4. The van der Waals surface area contributed by atoms with E-state index in [9.17, 15) is 29.4 Å². The predicted octanol–water partition coefficient (Wildman–Crippen LogP) is 4.93. The quantitative estimate of drug-likeness (QED) is 0.301. The summed E-state index contributed by atoms with van der Waals surface area (Å²) >= 11 is 1.37. The molecule has 0 aliphatic heterocycles. The first-order valence-corrected chi connectivity index (χ1v) is 13.3. The summed E-state index contributed by atoms with van der Waals surface area (Å²) in [6.45, 7) is 1.87. The predicted molar refractivity (Wildman–Crippen MR) is 147 cm³/mol. The molecular formula is C29H30N2O6S. The van der Waals surface area contributed by atoms with Crippen LogP contribution in [0.4, 0.5) is 4.79 Å². The highest BCUT2D eigenvalue weighted by Crippen LogP contribution is 2.24. The summed E-state index contributed by atoms with van der Waals surface area (Å²) < 4.78 is 0. The highest BCUT2D eigenvalue weighted by molar-refractivity contribution is 7.98. The Morgan fingerprint density at radius 1 is 0.868 bits per heavy atom. The third-order valence-corrected chi connectivity index (χ3v) is 6.74. The third kappa shape index (κ3) is 8.21. The lowest BCUT2D eigenvalue weighted by Gasteiger charge is -2.24. The number of hydrogen-bond donors (Lipinski definition) is 3. The van der Waals surface area contributed by atoms with E-state index in [0.717, 1.165) is 16.0 Å². The number of carboxylic acid groups (broad SMARTS) is 2. The second-order valence-corrected chi connectivity index (χ2v) is 9.68. The molecule has 3 rings (SSSR count). The maximum Gasteiger partial charge on any atom is 0.327 e. The molecule has 0 spiro atoms. The van der Waals surface area contributed by atoms with Crippen LogP contribution in [-0.2, 0) is 21.8 Å². The minimum Gasteiger partial charge on any atom is -0.481 e. The van der Waals surface area contributed by atoms with Crippen molar-refractivity contribution in [3.8, 4) is 11.1 Å². The van der Waals surface area contributed by atoms with E-state index in [1.807, 2.05) is 60.7 Å². The SMILES string of the molecule is CCCN(C(=O)NC(CSCc1ccccc1)C(=O)O)C(=O)c1cc(CC(=O)O)cc(-c2ccccc2)c1. The van der Waals surface area contributed by atoms with E-state index < -0.39 is 29.9 Å². The van der Waals surface area contributed by atoms with Crippen molar-refractivity contribution in [1.82, 2.24) is 10.2 Å². The molecule has 0 aliphatic rings. The topological polar surface area (TPSA) is 124 Å². The van der Waals surface area contributed by atoms with E-state index in [4.69, 9.17) is 0 Å². The summed E-state index contributed by atoms with van der Waals surface area (Å²) in [5.74, 6) is -2.17. The van der Waals surface area contributed by atoms with Gasteiger partial charge in [-0.15, -0.1) is 0 Å². The van der Waals surface area contributed by atoms with Crippen LogP contribution >= 0.6 is 11.8 Å². The molecule has 0 aromatic heterocycles. The molecule has 0 radical (unpaired) electrons. The van der Waals surface area contributed by atoms with Gasteiger partial charge < -0.3 is 15.5 Å². The van der Waals surface area contributed by atoms with Crippen LogP contribution in [0.3, 0.4) is 0 Å². The number of carbonyl (C=O) groups is 4. The van der Waals surface area contributed by atoms with Gasteiger partial charge in [-0.25, -0.2) is 9.59 Å². The number of nitrogens with zero attached hydrogens (tertiary/aromatic N) is 1. The van der Waals surface area contributed by atoms with E-state index in [2.05, 4.69) is 5.32 Å². The molecule has 198 valence electrons. The Kier molecular flexibility index (Phi) is 10.5. The summed E-state index contributed by atoms with van der Waals surface area (Å²) in [6.07, 6.45) is 0.167. The fourth-order valence-corrected chi connectivity index (χ4v) is 4.84. The van der Waals surface area contributed by atoms with Gasteiger partial charge in [0.2, 0.25) is 0 Å². The van der Waals surface area contributed by atoms with Crippen molar-refractivity contribution in [2.45, 2.75) is 31.6 Å². The number of amides is 3. The Morgan fingerprint density at radius 2 is 1.53 bits per heavy atom. The Bertz CT molecular complexity index is 1270. The van der Waals surface area contributed by atoms with Crippen molar-refractivity contribution in [2.75, 3.05) is 12.3 Å². The summed E-state index contributed by atoms with van der Waals surface area (Å²) in [7, 11) is 0. The van der Waals surface area contributed by atoms with Crippen molar-refractivity contribution >= 4 is 35.6 Å². The highest BCUT2D eigenvalue weighted by atomic mass is 32.2. The number of hydrogen-bond acceptors (Lipinski definition) is 5. The molecule has 3 aromatic carbocycles. The van der Waals surface area contributed by atoms with Gasteiger partial charge in [0.1, 0.15) is 6.04 Å². The Labute approximate surface area is 225 Å². The zero-order valence-electron chi connectivity index (χ0n) is 21.0. The molecule has 3 amide bonds. The summed E-state index contributed by atoms with van der Waals surface area (Å²) in [6, 6.07) is 21.5. The van der Waals surface area contributed by atoms with Crippen LogP contribution < -0.4 is 5.32 Å². The molecule has 38 heavy (non-hydrogen) atoms.